The zero-order valence-electron chi connectivity index (χ0n) is 35.4. The molecule has 10 heteroatoms. The Labute approximate surface area is 344 Å². The Morgan fingerprint density at radius 2 is 0.845 bits per heavy atom. The van der Waals surface area contributed by atoms with Crippen LogP contribution >= 0.6 is 0 Å². The number of ether oxygens (including phenoxy) is 4. The van der Waals surface area contributed by atoms with E-state index in [1.807, 2.05) is 27.7 Å². The van der Waals surface area contributed by atoms with Gasteiger partial charge in [0.05, 0.1) is 40.5 Å². The van der Waals surface area contributed by atoms with Crippen LogP contribution in [-0.4, -0.2) is 67.5 Å². The van der Waals surface area contributed by atoms with Crippen LogP contribution in [0.3, 0.4) is 0 Å². The highest BCUT2D eigenvalue weighted by Gasteiger charge is 2.58. The molecular formula is C48H62N2O8. The minimum Gasteiger partial charge on any atom is -0.497 e. The third kappa shape index (κ3) is 8.69. The first-order chi connectivity index (χ1) is 27.7. The van der Waals surface area contributed by atoms with Gasteiger partial charge in [0, 0.05) is 0 Å². The lowest BCUT2D eigenvalue weighted by atomic mass is 9.68. The number of carbonyl (C=O) groups excluding carboxylic acids is 2. The topological polar surface area (TPSA) is 141 Å². The van der Waals surface area contributed by atoms with E-state index < -0.39 is 40.5 Å². The Kier molecular flexibility index (Phi) is 14.2. The number of hydrogen-bond donors (Lipinski definition) is 3. The summed E-state index contributed by atoms with van der Waals surface area (Å²) in [5.74, 6) is 1.01. The Hall–Kier alpha value is -5.06. The highest BCUT2D eigenvalue weighted by molar-refractivity contribution is 6.05. The quantitative estimate of drug-likeness (QED) is 0.0862. The maximum absolute atomic E-state index is 16.3. The number of hydrogen-bond acceptors (Lipinski definition) is 8. The molecule has 312 valence electrons. The summed E-state index contributed by atoms with van der Waals surface area (Å²) in [5, 5.41) is 27.9. The molecule has 0 radical (unpaired) electrons. The molecule has 10 nitrogen and oxygen atoms in total. The van der Waals surface area contributed by atoms with Crippen LogP contribution in [-0.2, 0) is 20.8 Å². The molecule has 0 saturated heterocycles. The van der Waals surface area contributed by atoms with Crippen molar-refractivity contribution in [3.63, 3.8) is 0 Å². The maximum atomic E-state index is 16.3. The normalized spacial score (nSPS) is 15.4. The molecule has 0 aromatic heterocycles. The fourth-order valence-corrected chi connectivity index (χ4v) is 8.82. The fraction of sp³-hybridized carbons (Fsp3) is 0.458. The molecule has 0 aliphatic heterocycles. The Morgan fingerprint density at radius 1 is 0.569 bits per heavy atom. The summed E-state index contributed by atoms with van der Waals surface area (Å²) in [6, 6.07) is 26.6. The molecule has 5 rings (SSSR count). The van der Waals surface area contributed by atoms with Crippen molar-refractivity contribution in [2.45, 2.75) is 95.9 Å². The number of amides is 2. The molecule has 2 amide bonds. The second-order valence-electron chi connectivity index (χ2n) is 16.5. The number of carbonyl (C=O) groups is 2. The summed E-state index contributed by atoms with van der Waals surface area (Å²) in [5.41, 5.74) is 2.98. The average Bonchev–Trinajstić information content (AvgIpc) is 3.25. The van der Waals surface area contributed by atoms with Crippen LogP contribution in [0.5, 0.6) is 23.0 Å². The van der Waals surface area contributed by atoms with E-state index in [1.165, 1.54) is 0 Å². The lowest BCUT2D eigenvalue weighted by Crippen LogP contribution is -2.67. The number of nitrogens with two attached hydrogens (primary N) is 1. The SMILES string of the molecule is COc1ccc(C(O)(c2ccc(OC)cc2)C(CC(C)C)N(C(=O)C2(C(N)=O)CCCCC2)C(CC(C)C)C(O)(c2ccc(OC)cc2)c2ccc(OC)cc2)cc1. The van der Waals surface area contributed by atoms with E-state index in [0.717, 1.165) is 6.42 Å². The largest absolute Gasteiger partial charge is 0.497 e. The molecule has 4 aromatic rings. The van der Waals surface area contributed by atoms with Crippen molar-refractivity contribution < 1.29 is 38.7 Å². The van der Waals surface area contributed by atoms with Crippen LogP contribution in [0, 0.1) is 17.3 Å². The average molecular weight is 795 g/mol. The molecule has 1 aliphatic rings. The Bertz CT molecular complexity index is 1720. The van der Waals surface area contributed by atoms with Gasteiger partial charge in [-0.2, -0.15) is 0 Å². The second kappa shape index (κ2) is 18.7. The number of aliphatic hydroxyl groups is 2. The first kappa shape index (κ1) is 44.1. The van der Waals surface area contributed by atoms with Gasteiger partial charge >= 0.3 is 0 Å². The van der Waals surface area contributed by atoms with Gasteiger partial charge in [-0.25, -0.2) is 0 Å². The van der Waals surface area contributed by atoms with E-state index in [9.17, 15) is 15.0 Å². The maximum Gasteiger partial charge on any atom is 0.239 e. The van der Waals surface area contributed by atoms with Crippen molar-refractivity contribution in [3.8, 4) is 23.0 Å². The van der Waals surface area contributed by atoms with Crippen LogP contribution in [0.4, 0.5) is 0 Å². The van der Waals surface area contributed by atoms with Crippen molar-refractivity contribution in [2.24, 2.45) is 23.0 Å². The molecule has 0 bridgehead atoms. The summed E-state index contributed by atoms with van der Waals surface area (Å²) in [4.78, 5) is 31.9. The summed E-state index contributed by atoms with van der Waals surface area (Å²) < 4.78 is 22.2. The van der Waals surface area contributed by atoms with Crippen LogP contribution in [0.25, 0.3) is 0 Å². The summed E-state index contributed by atoms with van der Waals surface area (Å²) in [6.07, 6.45) is 3.21. The number of rotatable bonds is 18. The Morgan fingerprint density at radius 3 is 1.07 bits per heavy atom. The van der Waals surface area contributed by atoms with Crippen LogP contribution in [0.2, 0.25) is 0 Å². The molecular weight excluding hydrogens is 733 g/mol. The highest BCUT2D eigenvalue weighted by atomic mass is 16.5. The first-order valence-electron chi connectivity index (χ1n) is 20.3. The van der Waals surface area contributed by atoms with Gasteiger partial charge in [0.1, 0.15) is 39.6 Å². The molecule has 4 N–H and O–H groups in total. The minimum absolute atomic E-state index is 0.0750. The van der Waals surface area contributed by atoms with E-state index in [2.05, 4.69) is 0 Å². The zero-order chi connectivity index (χ0) is 42.3. The second-order valence-corrected chi connectivity index (χ2v) is 16.5. The zero-order valence-corrected chi connectivity index (χ0v) is 35.4. The highest BCUT2D eigenvalue weighted by Crippen LogP contribution is 2.49. The number of methoxy groups -OCH3 is 4. The molecule has 1 saturated carbocycles. The number of primary amides is 1. The lowest BCUT2D eigenvalue weighted by Gasteiger charge is -2.54. The van der Waals surface area contributed by atoms with E-state index >= 15 is 4.79 Å². The van der Waals surface area contributed by atoms with Gasteiger partial charge in [-0.15, -0.1) is 0 Å². The molecule has 4 aromatic carbocycles. The Balaban J connectivity index is 1.95. The summed E-state index contributed by atoms with van der Waals surface area (Å²) in [6.45, 7) is 8.16. The van der Waals surface area contributed by atoms with Crippen molar-refractivity contribution in [3.05, 3.63) is 119 Å². The standard InChI is InChI=1S/C48H62N2O8/c1-32(2)30-42(47(53,34-12-20-38(55-5)21-13-34)35-14-22-39(56-6)23-15-35)50(45(52)46(44(49)51)28-10-9-11-29-46)43(31-33(3)4)48(54,36-16-24-40(57-7)25-17-36)37-18-26-41(58-8)27-19-37/h12-27,32-33,42-43,53-54H,9-11,28-31H2,1-8H3,(H2,49,51). The molecule has 1 aliphatic carbocycles. The van der Waals surface area contributed by atoms with Crippen LogP contribution in [0.1, 0.15) is 94.9 Å². The van der Waals surface area contributed by atoms with Gasteiger partial charge < -0.3 is 39.8 Å². The van der Waals surface area contributed by atoms with Crippen molar-refractivity contribution in [2.75, 3.05) is 28.4 Å². The smallest absolute Gasteiger partial charge is 0.239 e. The van der Waals surface area contributed by atoms with Crippen molar-refractivity contribution >= 4 is 11.8 Å². The van der Waals surface area contributed by atoms with Crippen LogP contribution in [0.15, 0.2) is 97.1 Å². The summed E-state index contributed by atoms with van der Waals surface area (Å²) in [7, 11) is 6.32. The van der Waals surface area contributed by atoms with Gasteiger partial charge in [0.15, 0.2) is 0 Å². The van der Waals surface area contributed by atoms with E-state index in [4.69, 9.17) is 24.7 Å². The molecule has 2 atom stereocenters. The third-order valence-corrected chi connectivity index (χ3v) is 12.0. The first-order valence-corrected chi connectivity index (χ1v) is 20.3. The van der Waals surface area contributed by atoms with E-state index in [0.29, 0.717) is 58.1 Å². The predicted octanol–water partition coefficient (Wildman–Crippen LogP) is 7.99. The monoisotopic (exact) mass is 794 g/mol. The molecule has 0 heterocycles. The van der Waals surface area contributed by atoms with Crippen molar-refractivity contribution in [1.82, 2.24) is 4.90 Å². The number of nitrogens with zero attached hydrogens (tertiary/aromatic N) is 1. The van der Waals surface area contributed by atoms with E-state index in [-0.39, 0.29) is 37.5 Å². The van der Waals surface area contributed by atoms with E-state index in [1.54, 1.807) is 130 Å². The van der Waals surface area contributed by atoms with Gasteiger partial charge in [-0.1, -0.05) is 95.5 Å². The molecule has 0 spiro atoms. The third-order valence-electron chi connectivity index (χ3n) is 12.0. The molecule has 58 heavy (non-hydrogen) atoms. The van der Waals surface area contributed by atoms with Gasteiger partial charge in [-0.3, -0.25) is 9.59 Å². The molecule has 2 unspecified atom stereocenters. The lowest BCUT2D eigenvalue weighted by molar-refractivity contribution is -0.171. The molecule has 1 fully saturated rings. The van der Waals surface area contributed by atoms with Gasteiger partial charge in [-0.05, 0) is 108 Å². The van der Waals surface area contributed by atoms with Crippen molar-refractivity contribution in [1.29, 1.82) is 0 Å². The predicted molar refractivity (Wildman–Crippen MR) is 226 cm³/mol. The van der Waals surface area contributed by atoms with Gasteiger partial charge in [0.25, 0.3) is 0 Å². The minimum atomic E-state index is -1.90. The van der Waals surface area contributed by atoms with Crippen LogP contribution < -0.4 is 24.7 Å². The number of benzene rings is 4. The summed E-state index contributed by atoms with van der Waals surface area (Å²) >= 11 is 0. The van der Waals surface area contributed by atoms with Gasteiger partial charge in [0.2, 0.25) is 11.8 Å². The fourth-order valence-electron chi connectivity index (χ4n) is 8.82.